The number of hydrogen-bond acceptors (Lipinski definition) is 24. The molecule has 9 fully saturated rings. The van der Waals surface area contributed by atoms with Crippen molar-refractivity contribution in [1.29, 1.82) is 0 Å². The second-order valence-electron chi connectivity index (χ2n) is 24.3. The lowest BCUT2D eigenvalue weighted by Gasteiger charge is -2.61. The molecule has 434 valence electrons. The molecule has 0 aromatic carbocycles. The summed E-state index contributed by atoms with van der Waals surface area (Å²) in [6.45, 7) is 6.12. The minimum Gasteiger partial charge on any atom is -0.394 e. The fourth-order valence-corrected chi connectivity index (χ4v) is 15.6. The Labute approximate surface area is 436 Å². The van der Waals surface area contributed by atoms with Crippen LogP contribution in [-0.4, -0.2) is 250 Å². The first kappa shape index (κ1) is 58.7. The number of rotatable bonds is 16. The molecule has 0 aromatic heterocycles. The molecule has 32 atom stereocenters. The average molecular weight is 1080 g/mol. The van der Waals surface area contributed by atoms with Gasteiger partial charge in [0.2, 0.25) is 0 Å². The molecule has 75 heavy (non-hydrogen) atoms. The summed E-state index contributed by atoms with van der Waals surface area (Å²) < 4.78 is 54.6. The molecule has 4 aliphatic carbocycles. The molecule has 24 heteroatoms. The van der Waals surface area contributed by atoms with Crippen molar-refractivity contribution in [3.63, 3.8) is 0 Å². The highest BCUT2D eigenvalue weighted by Gasteiger charge is 2.68. The summed E-state index contributed by atoms with van der Waals surface area (Å²) in [4.78, 5) is 0. The van der Waals surface area contributed by atoms with Gasteiger partial charge >= 0.3 is 0 Å². The lowest BCUT2D eigenvalue weighted by molar-refractivity contribution is -0.396. The Morgan fingerprint density at radius 3 is 1.61 bits per heavy atom. The second kappa shape index (κ2) is 23.1. The van der Waals surface area contributed by atoms with E-state index in [9.17, 15) is 76.6 Å². The number of hydrogen-bond donors (Lipinski definition) is 15. The first-order valence-electron chi connectivity index (χ1n) is 27.4. The zero-order valence-electron chi connectivity index (χ0n) is 43.2. The molecule has 0 aromatic rings. The molecule has 0 amide bonds. The van der Waals surface area contributed by atoms with Crippen LogP contribution in [0.1, 0.15) is 91.9 Å². The minimum atomic E-state index is -1.91. The van der Waals surface area contributed by atoms with Crippen LogP contribution in [0.2, 0.25) is 0 Å². The van der Waals surface area contributed by atoms with Gasteiger partial charge in [0.25, 0.3) is 0 Å². The number of fused-ring (bicyclic) bond motifs is 7. The lowest BCUT2D eigenvalue weighted by atomic mass is 9.44. The van der Waals surface area contributed by atoms with E-state index in [1.807, 2.05) is 6.92 Å². The molecule has 9 rings (SSSR count). The van der Waals surface area contributed by atoms with Gasteiger partial charge in [0.1, 0.15) is 97.7 Å². The lowest BCUT2D eigenvalue weighted by Crippen LogP contribution is -2.67. The van der Waals surface area contributed by atoms with Crippen LogP contribution >= 0.6 is 0 Å². The highest BCUT2D eigenvalue weighted by Crippen LogP contribution is 2.71. The summed E-state index contributed by atoms with van der Waals surface area (Å²) in [6, 6.07) is 0. The number of aliphatic hydroxyl groups excluding tert-OH is 14. The van der Waals surface area contributed by atoms with E-state index in [-0.39, 0.29) is 47.2 Å². The molecule has 0 spiro atoms. The van der Waals surface area contributed by atoms with E-state index in [0.717, 1.165) is 38.5 Å². The maximum Gasteiger partial charge on any atom is 0.187 e. The zero-order chi connectivity index (χ0) is 54.2. The fourth-order valence-electron chi connectivity index (χ4n) is 15.6. The monoisotopic (exact) mass is 1080 g/mol. The zero-order valence-corrected chi connectivity index (χ0v) is 43.2. The molecule has 5 heterocycles. The summed E-state index contributed by atoms with van der Waals surface area (Å²) in [6.07, 6.45) is -24.9. The molecule has 9 aliphatic rings. The summed E-state index contributed by atoms with van der Waals surface area (Å²) in [5.74, 6) is 0.0204. The Hall–Kier alpha value is -0.960. The van der Waals surface area contributed by atoms with Crippen molar-refractivity contribution in [3.8, 4) is 0 Å². The van der Waals surface area contributed by atoms with Crippen LogP contribution in [0.15, 0.2) is 0 Å². The normalized spacial score (nSPS) is 55.4. The van der Waals surface area contributed by atoms with Crippen molar-refractivity contribution in [2.24, 2.45) is 52.3 Å². The summed E-state index contributed by atoms with van der Waals surface area (Å²) in [7, 11) is 0. The van der Waals surface area contributed by atoms with Crippen LogP contribution in [-0.2, 0) is 42.6 Å². The SMILES string of the molecule is CC(CCC1(O)OC2CC3C4CCC5CC(OC6OC(CO)C(O)C(OC7OC(CO)C(O)C(O)C7O)C6OC6OC(CO)C(O)C(O)C6O)CCC5(C)C4CCC3(C)C2C1C)COC1OC(CO)C(O)C(O)C1O. The maximum absolute atomic E-state index is 12.1. The van der Waals surface area contributed by atoms with Crippen LogP contribution in [0.4, 0.5) is 0 Å². The van der Waals surface area contributed by atoms with Crippen LogP contribution in [0.5, 0.6) is 0 Å². The van der Waals surface area contributed by atoms with Gasteiger partial charge in [-0.2, -0.15) is 0 Å². The summed E-state index contributed by atoms with van der Waals surface area (Å²) >= 11 is 0. The van der Waals surface area contributed by atoms with Gasteiger partial charge in [0.05, 0.1) is 45.2 Å². The van der Waals surface area contributed by atoms with Crippen molar-refractivity contribution < 1.29 is 119 Å². The third kappa shape index (κ3) is 10.7. The molecule has 0 radical (unpaired) electrons. The van der Waals surface area contributed by atoms with Crippen LogP contribution in [0, 0.1) is 52.3 Å². The number of ether oxygens (including phenoxy) is 9. The molecular formula is C51H86O24. The predicted molar refractivity (Wildman–Crippen MR) is 252 cm³/mol. The third-order valence-electron chi connectivity index (χ3n) is 20.1. The Kier molecular flexibility index (Phi) is 18.1. The first-order chi connectivity index (χ1) is 35.5. The first-order valence-corrected chi connectivity index (χ1v) is 27.4. The predicted octanol–water partition coefficient (Wildman–Crippen LogP) is -3.95. The molecule has 32 unspecified atom stereocenters. The van der Waals surface area contributed by atoms with Gasteiger partial charge < -0.3 is 119 Å². The molecule has 5 aliphatic heterocycles. The Morgan fingerprint density at radius 2 is 1.04 bits per heavy atom. The molecule has 4 saturated carbocycles. The van der Waals surface area contributed by atoms with Gasteiger partial charge in [-0.25, -0.2) is 0 Å². The van der Waals surface area contributed by atoms with Gasteiger partial charge in [-0.1, -0.05) is 27.7 Å². The average Bonchev–Trinajstić information content (AvgIpc) is 3.85. The smallest absolute Gasteiger partial charge is 0.187 e. The molecule has 5 saturated heterocycles. The van der Waals surface area contributed by atoms with E-state index in [1.165, 1.54) is 0 Å². The summed E-state index contributed by atoms with van der Waals surface area (Å²) in [5.41, 5.74) is -0.117. The van der Waals surface area contributed by atoms with Gasteiger partial charge in [-0.3, -0.25) is 0 Å². The van der Waals surface area contributed by atoms with E-state index >= 15 is 0 Å². The van der Waals surface area contributed by atoms with Crippen molar-refractivity contribution in [2.45, 2.75) is 233 Å². The fraction of sp³-hybridized carbons (Fsp3) is 1.00. The molecular weight excluding hydrogens is 997 g/mol. The van der Waals surface area contributed by atoms with Crippen molar-refractivity contribution in [2.75, 3.05) is 33.0 Å². The van der Waals surface area contributed by atoms with Crippen LogP contribution in [0.25, 0.3) is 0 Å². The molecule has 24 nitrogen and oxygen atoms in total. The van der Waals surface area contributed by atoms with Crippen molar-refractivity contribution in [1.82, 2.24) is 0 Å². The van der Waals surface area contributed by atoms with E-state index in [0.29, 0.717) is 43.4 Å². The largest absolute Gasteiger partial charge is 0.394 e. The highest BCUT2D eigenvalue weighted by molar-refractivity contribution is 5.15. The standard InChI is InChI=1S/C51H86O24/c1-20(19-67-45-40(63)37(60)33(56)28(15-52)69-45)7-12-51(66)21(2)32-27(75-51)14-26-24-6-5-22-13-23(8-10-49(22,3)25(24)9-11-50(26,32)4)68-48-44(74-47-42(65)39(62)35(58)30(17-54)71-47)43(36(59)31(18-55)72-48)73-46-41(64)38(61)34(57)29(16-53)70-46/h20-48,52-66H,5-19H2,1-4H3. The van der Waals surface area contributed by atoms with Crippen molar-refractivity contribution >= 4 is 0 Å². The van der Waals surface area contributed by atoms with Crippen LogP contribution < -0.4 is 0 Å². The van der Waals surface area contributed by atoms with Gasteiger partial charge in [-0.15, -0.1) is 0 Å². The van der Waals surface area contributed by atoms with Gasteiger partial charge in [-0.05, 0) is 104 Å². The van der Waals surface area contributed by atoms with E-state index in [1.54, 1.807) is 0 Å². The third-order valence-corrected chi connectivity index (χ3v) is 20.1. The minimum absolute atomic E-state index is 0.0545. The van der Waals surface area contributed by atoms with Crippen LogP contribution in [0.3, 0.4) is 0 Å². The van der Waals surface area contributed by atoms with E-state index in [2.05, 4.69) is 20.8 Å². The quantitative estimate of drug-likeness (QED) is 0.0656. The number of aliphatic hydroxyl groups is 15. The van der Waals surface area contributed by atoms with E-state index in [4.69, 9.17) is 42.6 Å². The van der Waals surface area contributed by atoms with E-state index < -0.39 is 161 Å². The second-order valence-corrected chi connectivity index (χ2v) is 24.3. The highest BCUT2D eigenvalue weighted by atomic mass is 16.8. The van der Waals surface area contributed by atoms with Gasteiger partial charge in [0, 0.05) is 12.3 Å². The topological polar surface area (TPSA) is 387 Å². The Balaban J connectivity index is 0.852. The maximum atomic E-state index is 12.1. The molecule has 15 N–H and O–H groups in total. The Bertz CT molecular complexity index is 1870. The summed E-state index contributed by atoms with van der Waals surface area (Å²) in [5, 5.41) is 159. The Morgan fingerprint density at radius 1 is 0.533 bits per heavy atom. The molecule has 0 bridgehead atoms. The van der Waals surface area contributed by atoms with Gasteiger partial charge in [0.15, 0.2) is 30.9 Å². The van der Waals surface area contributed by atoms with Crippen molar-refractivity contribution in [3.05, 3.63) is 0 Å².